The van der Waals surface area contributed by atoms with Crippen molar-refractivity contribution in [1.82, 2.24) is 24.9 Å². The Morgan fingerprint density at radius 3 is 2.72 bits per heavy atom. The Kier molecular flexibility index (Phi) is 5.93. The first kappa shape index (κ1) is 20.7. The third-order valence-electron chi connectivity index (χ3n) is 4.63. The molecule has 3 heterocycles. The first-order valence-electron chi connectivity index (χ1n) is 9.55. The molecule has 0 atom stereocenters. The first-order valence-corrected chi connectivity index (χ1v) is 11.9. The number of thioether (sulfide) groups is 1. The number of aromatic nitrogens is 5. The van der Waals surface area contributed by atoms with E-state index in [4.69, 9.17) is 20.9 Å². The molecular weight excluding hydrogens is 466 g/mol. The summed E-state index contributed by atoms with van der Waals surface area (Å²) in [5, 5.41) is 18.3. The van der Waals surface area contributed by atoms with Crippen LogP contribution in [0.4, 0.5) is 0 Å². The number of ether oxygens (including phenoxy) is 1. The van der Waals surface area contributed by atoms with E-state index in [1.807, 2.05) is 69.9 Å². The molecule has 0 fully saturated rings. The lowest BCUT2D eigenvalue weighted by atomic mass is 10.2. The summed E-state index contributed by atoms with van der Waals surface area (Å²) in [6.07, 6.45) is 0. The summed E-state index contributed by atoms with van der Waals surface area (Å²) in [5.41, 5.74) is 2.64. The smallest absolute Gasteiger partial charge is 0.258 e. The lowest BCUT2D eigenvalue weighted by molar-refractivity contribution is 0.416. The molecular formula is C22H16ClN5O2S2. The highest BCUT2D eigenvalue weighted by atomic mass is 35.5. The molecule has 0 saturated heterocycles. The van der Waals surface area contributed by atoms with E-state index in [1.165, 1.54) is 11.8 Å². The predicted octanol–water partition coefficient (Wildman–Crippen LogP) is 6.00. The predicted molar refractivity (Wildman–Crippen MR) is 126 cm³/mol. The Morgan fingerprint density at radius 2 is 1.94 bits per heavy atom. The molecule has 5 aromatic rings. The van der Waals surface area contributed by atoms with Gasteiger partial charge in [0.2, 0.25) is 0 Å². The van der Waals surface area contributed by atoms with Gasteiger partial charge in [-0.25, -0.2) is 0 Å². The average Bonchev–Trinajstić information content (AvgIpc) is 3.59. The lowest BCUT2D eigenvalue weighted by Crippen LogP contribution is -2.01. The summed E-state index contributed by atoms with van der Waals surface area (Å²) in [7, 11) is 1.64. The molecule has 32 heavy (non-hydrogen) atoms. The molecule has 0 aliphatic heterocycles. The van der Waals surface area contributed by atoms with Crippen LogP contribution in [0.3, 0.4) is 0 Å². The molecule has 0 radical (unpaired) electrons. The number of benzene rings is 2. The molecule has 3 aromatic heterocycles. The zero-order chi connectivity index (χ0) is 21.9. The van der Waals surface area contributed by atoms with E-state index < -0.39 is 0 Å². The molecule has 5 rings (SSSR count). The molecule has 0 aliphatic rings. The van der Waals surface area contributed by atoms with Crippen LogP contribution in [0.2, 0.25) is 5.02 Å². The van der Waals surface area contributed by atoms with Crippen molar-refractivity contribution in [1.29, 1.82) is 0 Å². The fraction of sp³-hybridized carbons (Fsp3) is 0.0909. The second-order valence-electron chi connectivity index (χ2n) is 6.63. The maximum atomic E-state index is 6.11. The summed E-state index contributed by atoms with van der Waals surface area (Å²) < 4.78 is 12.9. The van der Waals surface area contributed by atoms with E-state index >= 15 is 0 Å². The summed E-state index contributed by atoms with van der Waals surface area (Å²) in [4.78, 5) is 4.49. The van der Waals surface area contributed by atoms with Crippen LogP contribution in [0.25, 0.3) is 28.5 Å². The largest absolute Gasteiger partial charge is 0.496 e. The molecule has 10 heteroatoms. The van der Waals surface area contributed by atoms with Gasteiger partial charge in [0.05, 0.1) is 24.0 Å². The molecule has 0 amide bonds. The van der Waals surface area contributed by atoms with Gasteiger partial charge in [0.25, 0.3) is 5.89 Å². The van der Waals surface area contributed by atoms with Gasteiger partial charge in [-0.05, 0) is 47.8 Å². The van der Waals surface area contributed by atoms with Gasteiger partial charge in [-0.2, -0.15) is 16.3 Å². The fourth-order valence-corrected chi connectivity index (χ4v) is 4.69. The van der Waals surface area contributed by atoms with Crippen molar-refractivity contribution >= 4 is 34.7 Å². The van der Waals surface area contributed by atoms with Gasteiger partial charge in [0.1, 0.15) is 5.75 Å². The van der Waals surface area contributed by atoms with Gasteiger partial charge in [-0.3, -0.25) is 4.57 Å². The van der Waals surface area contributed by atoms with Crippen LogP contribution in [0.1, 0.15) is 5.82 Å². The van der Waals surface area contributed by atoms with Gasteiger partial charge in [-0.15, -0.1) is 10.2 Å². The van der Waals surface area contributed by atoms with Gasteiger partial charge in [0.15, 0.2) is 16.8 Å². The van der Waals surface area contributed by atoms with E-state index in [1.54, 1.807) is 18.4 Å². The van der Waals surface area contributed by atoms with Crippen LogP contribution < -0.4 is 4.74 Å². The molecule has 0 saturated carbocycles. The minimum absolute atomic E-state index is 0.477. The van der Waals surface area contributed by atoms with Crippen molar-refractivity contribution in [3.8, 4) is 34.3 Å². The highest BCUT2D eigenvalue weighted by Gasteiger charge is 2.20. The summed E-state index contributed by atoms with van der Waals surface area (Å²) >= 11 is 9.17. The number of hydrogen-bond acceptors (Lipinski definition) is 8. The van der Waals surface area contributed by atoms with Crippen molar-refractivity contribution in [2.24, 2.45) is 0 Å². The second kappa shape index (κ2) is 9.15. The van der Waals surface area contributed by atoms with Crippen molar-refractivity contribution < 1.29 is 9.26 Å². The number of thiophene rings is 1. The third-order valence-corrected chi connectivity index (χ3v) is 6.49. The average molecular weight is 482 g/mol. The minimum atomic E-state index is 0.477. The third kappa shape index (κ3) is 4.14. The summed E-state index contributed by atoms with van der Waals surface area (Å²) in [6.45, 7) is 0. The molecule has 2 aromatic carbocycles. The summed E-state index contributed by atoms with van der Waals surface area (Å²) in [5.74, 6) is 2.95. The SMILES string of the molecule is COc1ccccc1-c1nnc(SCc2noc(-c3ccsc3)n2)n1-c1ccc(Cl)cc1. The van der Waals surface area contributed by atoms with Crippen LogP contribution in [0.5, 0.6) is 5.75 Å². The molecule has 0 unspecified atom stereocenters. The summed E-state index contributed by atoms with van der Waals surface area (Å²) in [6, 6.07) is 17.2. The van der Waals surface area contributed by atoms with Crippen LogP contribution >= 0.6 is 34.7 Å². The van der Waals surface area contributed by atoms with Crippen molar-refractivity contribution in [2.75, 3.05) is 7.11 Å². The van der Waals surface area contributed by atoms with Crippen LogP contribution in [0.15, 0.2) is 75.0 Å². The normalized spacial score (nSPS) is 11.1. The van der Waals surface area contributed by atoms with Gasteiger partial charge in [0, 0.05) is 16.1 Å². The quantitative estimate of drug-likeness (QED) is 0.264. The van der Waals surface area contributed by atoms with Crippen LogP contribution in [-0.2, 0) is 5.75 Å². The molecule has 0 spiro atoms. The van der Waals surface area contributed by atoms with E-state index in [-0.39, 0.29) is 0 Å². The van der Waals surface area contributed by atoms with Crippen LogP contribution in [-0.4, -0.2) is 32.0 Å². The monoisotopic (exact) mass is 481 g/mol. The Hall–Kier alpha value is -3.14. The number of methoxy groups -OCH3 is 1. The Labute approximate surface area is 197 Å². The van der Waals surface area contributed by atoms with Gasteiger partial charge in [-0.1, -0.05) is 40.7 Å². The van der Waals surface area contributed by atoms with Gasteiger partial charge < -0.3 is 9.26 Å². The molecule has 0 bridgehead atoms. The van der Waals surface area contributed by atoms with Crippen molar-refractivity contribution in [3.05, 3.63) is 76.2 Å². The van der Waals surface area contributed by atoms with Crippen molar-refractivity contribution in [3.63, 3.8) is 0 Å². The van der Waals surface area contributed by atoms with Crippen LogP contribution in [0, 0.1) is 0 Å². The zero-order valence-electron chi connectivity index (χ0n) is 16.8. The Morgan fingerprint density at radius 1 is 1.09 bits per heavy atom. The Bertz CT molecular complexity index is 1330. The van der Waals surface area contributed by atoms with E-state index in [9.17, 15) is 0 Å². The number of rotatable bonds is 7. The highest BCUT2D eigenvalue weighted by molar-refractivity contribution is 7.98. The number of nitrogens with zero attached hydrogens (tertiary/aromatic N) is 5. The Balaban J connectivity index is 1.49. The van der Waals surface area contributed by atoms with Crippen molar-refractivity contribution in [2.45, 2.75) is 10.9 Å². The number of halogens is 1. The maximum Gasteiger partial charge on any atom is 0.258 e. The molecule has 7 nitrogen and oxygen atoms in total. The minimum Gasteiger partial charge on any atom is -0.496 e. The van der Waals surface area contributed by atoms with E-state index in [2.05, 4.69) is 20.3 Å². The first-order chi connectivity index (χ1) is 15.7. The molecule has 0 aliphatic carbocycles. The van der Waals surface area contributed by atoms with Gasteiger partial charge >= 0.3 is 0 Å². The zero-order valence-corrected chi connectivity index (χ0v) is 19.2. The highest BCUT2D eigenvalue weighted by Crippen LogP contribution is 2.34. The number of hydrogen-bond donors (Lipinski definition) is 0. The topological polar surface area (TPSA) is 78.9 Å². The lowest BCUT2D eigenvalue weighted by Gasteiger charge is -2.12. The molecule has 160 valence electrons. The van der Waals surface area contributed by atoms with E-state index in [0.29, 0.717) is 39.2 Å². The molecule has 0 N–H and O–H groups in total. The standard InChI is InChI=1S/C22H16ClN5O2S2/c1-29-18-5-3-2-4-17(18)20-25-26-22(28(20)16-8-6-15(23)7-9-16)32-13-19-24-21(30-27-19)14-10-11-31-12-14/h2-12H,13H2,1H3. The maximum absolute atomic E-state index is 6.11. The fourth-order valence-electron chi connectivity index (χ4n) is 3.14. The second-order valence-corrected chi connectivity index (χ2v) is 8.79. The number of para-hydroxylation sites is 1. The van der Waals surface area contributed by atoms with E-state index in [0.717, 1.165) is 16.8 Å².